The summed E-state index contributed by atoms with van der Waals surface area (Å²) in [6, 6.07) is 4.96. The van der Waals surface area contributed by atoms with Crippen molar-refractivity contribution in [3.8, 4) is 5.75 Å². The minimum absolute atomic E-state index is 0.151. The second kappa shape index (κ2) is 8.15. The first-order valence-electron chi connectivity index (χ1n) is 7.02. The first-order chi connectivity index (χ1) is 9.76. The van der Waals surface area contributed by atoms with E-state index in [1.165, 1.54) is 11.8 Å². The average molecular weight is 315 g/mol. The highest BCUT2D eigenvalue weighted by atomic mass is 32.2. The Balaban J connectivity index is 2.26. The van der Waals surface area contributed by atoms with Gasteiger partial charge in [0.1, 0.15) is 11.6 Å². The van der Waals surface area contributed by atoms with Crippen molar-refractivity contribution in [1.29, 1.82) is 0 Å². The van der Waals surface area contributed by atoms with Gasteiger partial charge in [0.25, 0.3) is 0 Å². The van der Waals surface area contributed by atoms with Gasteiger partial charge in [0.05, 0.1) is 7.11 Å². The molecule has 0 amide bonds. The molecule has 20 heavy (non-hydrogen) atoms. The topological polar surface area (TPSA) is 21.3 Å². The van der Waals surface area contributed by atoms with Crippen LogP contribution in [-0.4, -0.2) is 36.2 Å². The standard InChI is InChI=1S/C15H22FNOS2/c1-3-6-17-15(14-10-19-7-8-20-14)12-9-11(16)4-5-13(12)18-2/h4-5,9,14-15,17H,3,6-8,10H2,1-2H3. The summed E-state index contributed by atoms with van der Waals surface area (Å²) in [5.74, 6) is 4.05. The lowest BCUT2D eigenvalue weighted by atomic mass is 10.0. The molecule has 0 spiro atoms. The molecular weight excluding hydrogens is 293 g/mol. The molecule has 1 saturated heterocycles. The van der Waals surface area contributed by atoms with Crippen LogP contribution in [0.25, 0.3) is 0 Å². The second-order valence-electron chi connectivity index (χ2n) is 4.80. The van der Waals surface area contributed by atoms with Gasteiger partial charge in [-0.3, -0.25) is 0 Å². The van der Waals surface area contributed by atoms with Crippen LogP contribution in [0.1, 0.15) is 24.9 Å². The molecule has 1 N–H and O–H groups in total. The van der Waals surface area contributed by atoms with Crippen LogP contribution >= 0.6 is 23.5 Å². The number of ether oxygens (including phenoxy) is 1. The molecule has 0 aromatic heterocycles. The fourth-order valence-electron chi connectivity index (χ4n) is 2.39. The molecule has 5 heteroatoms. The number of hydrogen-bond donors (Lipinski definition) is 1. The number of halogens is 1. The van der Waals surface area contributed by atoms with Crippen LogP contribution in [0.15, 0.2) is 18.2 Å². The van der Waals surface area contributed by atoms with E-state index >= 15 is 0 Å². The van der Waals surface area contributed by atoms with Crippen LogP contribution in [0.2, 0.25) is 0 Å². The van der Waals surface area contributed by atoms with E-state index in [9.17, 15) is 4.39 Å². The minimum Gasteiger partial charge on any atom is -0.496 e. The number of methoxy groups -OCH3 is 1. The van der Waals surface area contributed by atoms with Gasteiger partial charge < -0.3 is 10.1 Å². The first kappa shape index (κ1) is 16.0. The number of rotatable bonds is 6. The van der Waals surface area contributed by atoms with Gasteiger partial charge in [0.15, 0.2) is 0 Å². The largest absolute Gasteiger partial charge is 0.496 e. The molecule has 1 aromatic carbocycles. The van der Waals surface area contributed by atoms with Gasteiger partial charge in [0, 0.05) is 34.1 Å². The molecule has 0 bridgehead atoms. The Kier molecular flexibility index (Phi) is 6.52. The second-order valence-corrected chi connectivity index (χ2v) is 7.30. The summed E-state index contributed by atoms with van der Waals surface area (Å²) in [4.78, 5) is 0. The molecule has 2 atom stereocenters. The van der Waals surface area contributed by atoms with E-state index < -0.39 is 0 Å². The maximum Gasteiger partial charge on any atom is 0.123 e. The fraction of sp³-hybridized carbons (Fsp3) is 0.600. The van der Waals surface area contributed by atoms with Gasteiger partial charge in [-0.15, -0.1) is 0 Å². The Hall–Kier alpha value is -0.390. The number of nitrogens with one attached hydrogen (secondary N) is 1. The number of benzene rings is 1. The molecule has 112 valence electrons. The third-order valence-corrected chi connectivity index (χ3v) is 6.22. The van der Waals surface area contributed by atoms with Gasteiger partial charge >= 0.3 is 0 Å². The zero-order chi connectivity index (χ0) is 14.4. The first-order valence-corrected chi connectivity index (χ1v) is 9.22. The van der Waals surface area contributed by atoms with E-state index in [2.05, 4.69) is 12.2 Å². The molecule has 1 heterocycles. The highest BCUT2D eigenvalue weighted by Crippen LogP contribution is 2.37. The zero-order valence-corrected chi connectivity index (χ0v) is 13.7. The van der Waals surface area contributed by atoms with Crippen LogP contribution < -0.4 is 10.1 Å². The summed E-state index contributed by atoms with van der Waals surface area (Å²) in [5.41, 5.74) is 0.945. The van der Waals surface area contributed by atoms with E-state index in [1.807, 2.05) is 23.5 Å². The third-order valence-electron chi connectivity index (χ3n) is 3.35. The quantitative estimate of drug-likeness (QED) is 0.863. The normalized spacial score (nSPS) is 20.6. The number of thioether (sulfide) groups is 2. The van der Waals surface area contributed by atoms with E-state index in [1.54, 1.807) is 19.2 Å². The van der Waals surface area contributed by atoms with Crippen LogP contribution in [0.5, 0.6) is 5.75 Å². The Morgan fingerprint density at radius 2 is 2.30 bits per heavy atom. The lowest BCUT2D eigenvalue weighted by Gasteiger charge is -2.31. The highest BCUT2D eigenvalue weighted by Gasteiger charge is 2.28. The molecule has 2 unspecified atom stereocenters. The van der Waals surface area contributed by atoms with Crippen molar-refractivity contribution in [2.24, 2.45) is 0 Å². The summed E-state index contributed by atoms with van der Waals surface area (Å²) in [6.45, 7) is 3.09. The summed E-state index contributed by atoms with van der Waals surface area (Å²) >= 11 is 3.96. The molecule has 1 aliphatic rings. The summed E-state index contributed by atoms with van der Waals surface area (Å²) in [6.07, 6.45) is 1.07. The van der Waals surface area contributed by atoms with E-state index in [0.717, 1.165) is 35.8 Å². The van der Waals surface area contributed by atoms with Crippen molar-refractivity contribution >= 4 is 23.5 Å². The van der Waals surface area contributed by atoms with E-state index in [4.69, 9.17) is 4.74 Å². The van der Waals surface area contributed by atoms with Crippen LogP contribution in [-0.2, 0) is 0 Å². The van der Waals surface area contributed by atoms with Gasteiger partial charge in [-0.25, -0.2) is 4.39 Å². The molecule has 0 aliphatic carbocycles. The monoisotopic (exact) mass is 315 g/mol. The van der Waals surface area contributed by atoms with Gasteiger partial charge in [-0.05, 0) is 31.2 Å². The smallest absolute Gasteiger partial charge is 0.123 e. The maximum atomic E-state index is 13.6. The maximum absolute atomic E-state index is 13.6. The van der Waals surface area contributed by atoms with Crippen LogP contribution in [0, 0.1) is 5.82 Å². The fourth-order valence-corrected chi connectivity index (χ4v) is 5.25. The summed E-state index contributed by atoms with van der Waals surface area (Å²) < 4.78 is 19.1. The predicted molar refractivity (Wildman–Crippen MR) is 87.6 cm³/mol. The number of hydrogen-bond acceptors (Lipinski definition) is 4. The molecule has 2 rings (SSSR count). The highest BCUT2D eigenvalue weighted by molar-refractivity contribution is 8.06. The molecule has 1 aromatic rings. The van der Waals surface area contributed by atoms with Crippen LogP contribution in [0.3, 0.4) is 0 Å². The van der Waals surface area contributed by atoms with Crippen molar-refractivity contribution in [2.45, 2.75) is 24.6 Å². The predicted octanol–water partition coefficient (Wildman–Crippen LogP) is 3.72. The van der Waals surface area contributed by atoms with Crippen molar-refractivity contribution in [3.05, 3.63) is 29.6 Å². The molecular formula is C15H22FNOS2. The lowest BCUT2D eigenvalue weighted by molar-refractivity contribution is 0.396. The van der Waals surface area contributed by atoms with Crippen molar-refractivity contribution in [1.82, 2.24) is 5.32 Å². The lowest BCUT2D eigenvalue weighted by Crippen LogP contribution is -2.34. The third kappa shape index (κ3) is 4.06. The molecule has 1 aliphatic heterocycles. The SMILES string of the molecule is CCCNC(c1cc(F)ccc1OC)C1CSCCS1. The van der Waals surface area contributed by atoms with E-state index in [-0.39, 0.29) is 11.9 Å². The van der Waals surface area contributed by atoms with Gasteiger partial charge in [0.2, 0.25) is 0 Å². The van der Waals surface area contributed by atoms with E-state index in [0.29, 0.717) is 5.25 Å². The average Bonchev–Trinajstić information content (AvgIpc) is 2.49. The summed E-state index contributed by atoms with van der Waals surface area (Å²) in [5, 5.41) is 4.05. The van der Waals surface area contributed by atoms with Crippen molar-refractivity contribution < 1.29 is 9.13 Å². The zero-order valence-electron chi connectivity index (χ0n) is 12.0. The minimum atomic E-state index is -0.197. The van der Waals surface area contributed by atoms with Crippen molar-refractivity contribution in [3.63, 3.8) is 0 Å². The van der Waals surface area contributed by atoms with Gasteiger partial charge in [-0.2, -0.15) is 23.5 Å². The Morgan fingerprint density at radius 3 is 2.95 bits per heavy atom. The molecule has 2 nitrogen and oxygen atoms in total. The Bertz CT molecular complexity index is 424. The summed E-state index contributed by atoms with van der Waals surface area (Å²) in [7, 11) is 1.65. The molecule has 1 fully saturated rings. The molecule has 0 radical (unpaired) electrons. The Labute approximate surface area is 129 Å². The van der Waals surface area contributed by atoms with Crippen molar-refractivity contribution in [2.75, 3.05) is 30.9 Å². The Morgan fingerprint density at radius 1 is 1.45 bits per heavy atom. The van der Waals surface area contributed by atoms with Gasteiger partial charge in [-0.1, -0.05) is 6.92 Å². The van der Waals surface area contributed by atoms with Crippen LogP contribution in [0.4, 0.5) is 4.39 Å². The molecule has 0 saturated carbocycles.